The van der Waals surface area contributed by atoms with E-state index in [9.17, 15) is 13.5 Å². The number of halogens is 1. The summed E-state index contributed by atoms with van der Waals surface area (Å²) in [7, 11) is -3.70. The molecule has 2 N–H and O–H groups in total. The van der Waals surface area contributed by atoms with Crippen molar-refractivity contribution in [3.63, 3.8) is 0 Å². The zero-order valence-electron chi connectivity index (χ0n) is 12.4. The Morgan fingerprint density at radius 2 is 1.76 bits per heavy atom. The second kappa shape index (κ2) is 5.88. The monoisotopic (exact) mass is 331 g/mol. The Hall–Kier alpha value is -0.620. The van der Waals surface area contributed by atoms with Gasteiger partial charge in [0.2, 0.25) is 10.0 Å². The van der Waals surface area contributed by atoms with Crippen LogP contribution in [0.3, 0.4) is 0 Å². The van der Waals surface area contributed by atoms with Crippen molar-refractivity contribution in [2.24, 2.45) is 5.41 Å². The van der Waals surface area contributed by atoms with Crippen LogP contribution in [0.15, 0.2) is 29.2 Å². The number of rotatable bonds is 4. The molecule has 0 radical (unpaired) electrons. The van der Waals surface area contributed by atoms with Crippen LogP contribution in [0.4, 0.5) is 0 Å². The van der Waals surface area contributed by atoms with Crippen LogP contribution >= 0.6 is 11.6 Å². The number of sulfonamides is 1. The quantitative estimate of drug-likeness (QED) is 0.891. The van der Waals surface area contributed by atoms with E-state index in [-0.39, 0.29) is 21.9 Å². The van der Waals surface area contributed by atoms with Gasteiger partial charge in [-0.1, -0.05) is 37.6 Å². The fourth-order valence-electron chi connectivity index (χ4n) is 2.54. The molecule has 0 atom stereocenters. The molecule has 21 heavy (non-hydrogen) atoms. The summed E-state index contributed by atoms with van der Waals surface area (Å²) in [5.41, 5.74) is -0.752. The first-order valence-corrected chi connectivity index (χ1v) is 8.96. The van der Waals surface area contributed by atoms with Crippen LogP contribution in [0.2, 0.25) is 5.02 Å². The van der Waals surface area contributed by atoms with Gasteiger partial charge in [0, 0.05) is 6.54 Å². The molecule has 0 heterocycles. The third-order valence-electron chi connectivity index (χ3n) is 4.25. The lowest BCUT2D eigenvalue weighted by Crippen LogP contribution is -2.46. The van der Waals surface area contributed by atoms with Crippen molar-refractivity contribution in [1.29, 1.82) is 0 Å². The summed E-state index contributed by atoms with van der Waals surface area (Å²) in [6.45, 7) is 4.36. The Bertz CT molecular complexity index is 603. The van der Waals surface area contributed by atoms with Crippen LogP contribution in [-0.2, 0) is 10.0 Å². The van der Waals surface area contributed by atoms with E-state index >= 15 is 0 Å². The molecule has 118 valence electrons. The zero-order chi connectivity index (χ0) is 15.7. The molecule has 0 aliphatic heterocycles. The SMILES string of the molecule is CC1(C)CCC(O)(CNS(=O)(=O)c2ccccc2Cl)CC1. The summed E-state index contributed by atoms with van der Waals surface area (Å²) < 4.78 is 27.0. The largest absolute Gasteiger partial charge is 0.389 e. The maximum Gasteiger partial charge on any atom is 0.242 e. The van der Waals surface area contributed by atoms with Gasteiger partial charge in [-0.3, -0.25) is 0 Å². The summed E-state index contributed by atoms with van der Waals surface area (Å²) in [6, 6.07) is 6.29. The van der Waals surface area contributed by atoms with Gasteiger partial charge >= 0.3 is 0 Å². The first-order valence-electron chi connectivity index (χ1n) is 7.10. The smallest absolute Gasteiger partial charge is 0.242 e. The molecule has 2 rings (SSSR count). The minimum absolute atomic E-state index is 0.0244. The Morgan fingerprint density at radius 1 is 1.19 bits per heavy atom. The molecule has 0 amide bonds. The third-order valence-corrected chi connectivity index (χ3v) is 6.15. The molecule has 0 bridgehead atoms. The maximum atomic E-state index is 12.3. The standard InChI is InChI=1S/C15H22ClNO3S/c1-14(2)7-9-15(18,10-8-14)11-17-21(19,20)13-6-4-3-5-12(13)16/h3-6,17-18H,7-11H2,1-2H3. The average molecular weight is 332 g/mol. The molecule has 4 nitrogen and oxygen atoms in total. The van der Waals surface area contributed by atoms with Crippen molar-refractivity contribution in [2.45, 2.75) is 50.0 Å². The first-order chi connectivity index (χ1) is 9.64. The molecule has 0 spiro atoms. The van der Waals surface area contributed by atoms with Gasteiger partial charge in [0.15, 0.2) is 0 Å². The van der Waals surface area contributed by atoms with Crippen molar-refractivity contribution in [1.82, 2.24) is 4.72 Å². The lowest BCUT2D eigenvalue weighted by atomic mass is 9.71. The number of hydrogen-bond acceptors (Lipinski definition) is 3. The molecule has 0 saturated heterocycles. The van der Waals surface area contributed by atoms with Crippen molar-refractivity contribution in [3.8, 4) is 0 Å². The highest BCUT2D eigenvalue weighted by Gasteiger charge is 2.37. The van der Waals surface area contributed by atoms with Gasteiger partial charge in [-0.25, -0.2) is 13.1 Å². The highest BCUT2D eigenvalue weighted by atomic mass is 35.5. The van der Waals surface area contributed by atoms with E-state index in [0.717, 1.165) is 12.8 Å². The molecule has 1 aromatic carbocycles. The van der Waals surface area contributed by atoms with Gasteiger partial charge in [0.05, 0.1) is 10.6 Å². The topological polar surface area (TPSA) is 66.4 Å². The molecule has 0 aromatic heterocycles. The molecule has 1 fully saturated rings. The van der Waals surface area contributed by atoms with E-state index in [2.05, 4.69) is 18.6 Å². The number of benzene rings is 1. The van der Waals surface area contributed by atoms with E-state index < -0.39 is 15.6 Å². The van der Waals surface area contributed by atoms with Crippen molar-refractivity contribution >= 4 is 21.6 Å². The minimum atomic E-state index is -3.70. The minimum Gasteiger partial charge on any atom is -0.389 e. The van der Waals surface area contributed by atoms with Crippen molar-refractivity contribution in [3.05, 3.63) is 29.3 Å². The lowest BCUT2D eigenvalue weighted by Gasteiger charge is -2.40. The third kappa shape index (κ3) is 4.19. The summed E-state index contributed by atoms with van der Waals surface area (Å²) in [6.07, 6.45) is 2.98. The normalized spacial score (nSPS) is 21.1. The Balaban J connectivity index is 2.04. The van der Waals surface area contributed by atoms with Crippen LogP contribution in [0.1, 0.15) is 39.5 Å². The van der Waals surface area contributed by atoms with Crippen molar-refractivity contribution < 1.29 is 13.5 Å². The molecular formula is C15H22ClNO3S. The summed E-state index contributed by atoms with van der Waals surface area (Å²) >= 11 is 5.92. The Labute approximate surface area is 131 Å². The number of hydrogen-bond donors (Lipinski definition) is 2. The van der Waals surface area contributed by atoms with Gasteiger partial charge in [0.1, 0.15) is 4.90 Å². The van der Waals surface area contributed by atoms with Gasteiger partial charge in [-0.15, -0.1) is 0 Å². The highest BCUT2D eigenvalue weighted by Crippen LogP contribution is 2.40. The van der Waals surface area contributed by atoms with Crippen molar-refractivity contribution in [2.75, 3.05) is 6.54 Å². The molecule has 1 aliphatic carbocycles. The fourth-order valence-corrected chi connectivity index (χ4v) is 4.18. The number of nitrogens with one attached hydrogen (secondary N) is 1. The predicted molar refractivity (Wildman–Crippen MR) is 83.8 cm³/mol. The van der Waals surface area contributed by atoms with Crippen LogP contribution in [0, 0.1) is 5.41 Å². The second-order valence-electron chi connectivity index (χ2n) is 6.64. The van der Waals surface area contributed by atoms with E-state index in [0.29, 0.717) is 12.8 Å². The lowest BCUT2D eigenvalue weighted by molar-refractivity contribution is -0.0205. The molecule has 0 unspecified atom stereocenters. The Kier molecular flexibility index (Phi) is 4.69. The van der Waals surface area contributed by atoms with Gasteiger partial charge in [0.25, 0.3) is 0 Å². The fraction of sp³-hybridized carbons (Fsp3) is 0.600. The molecule has 1 saturated carbocycles. The zero-order valence-corrected chi connectivity index (χ0v) is 14.0. The van der Waals surface area contributed by atoms with E-state index in [4.69, 9.17) is 11.6 Å². The molecular weight excluding hydrogens is 310 g/mol. The van der Waals surface area contributed by atoms with Gasteiger partial charge in [-0.05, 0) is 43.2 Å². The van der Waals surface area contributed by atoms with Gasteiger partial charge in [-0.2, -0.15) is 0 Å². The summed E-state index contributed by atoms with van der Waals surface area (Å²) in [4.78, 5) is 0.0476. The highest BCUT2D eigenvalue weighted by molar-refractivity contribution is 7.89. The van der Waals surface area contributed by atoms with E-state index in [1.165, 1.54) is 12.1 Å². The second-order valence-corrected chi connectivity index (χ2v) is 8.79. The van der Waals surface area contributed by atoms with E-state index in [1.54, 1.807) is 12.1 Å². The molecule has 1 aliphatic rings. The summed E-state index contributed by atoms with van der Waals surface area (Å²) in [5, 5.41) is 10.7. The predicted octanol–water partition coefficient (Wildman–Crippen LogP) is 2.95. The van der Waals surface area contributed by atoms with E-state index in [1.807, 2.05) is 0 Å². The van der Waals surface area contributed by atoms with Crippen LogP contribution in [-0.4, -0.2) is 25.7 Å². The summed E-state index contributed by atoms with van der Waals surface area (Å²) in [5.74, 6) is 0. The van der Waals surface area contributed by atoms with Crippen LogP contribution in [0.25, 0.3) is 0 Å². The first kappa shape index (κ1) is 16.7. The van der Waals surface area contributed by atoms with Crippen LogP contribution in [0.5, 0.6) is 0 Å². The maximum absolute atomic E-state index is 12.3. The molecule has 1 aromatic rings. The Morgan fingerprint density at radius 3 is 2.33 bits per heavy atom. The van der Waals surface area contributed by atoms with Gasteiger partial charge < -0.3 is 5.11 Å². The number of aliphatic hydroxyl groups is 1. The molecule has 6 heteroatoms. The average Bonchev–Trinajstić information content (AvgIpc) is 2.41. The van der Waals surface area contributed by atoms with Crippen LogP contribution < -0.4 is 4.72 Å².